The van der Waals surface area contributed by atoms with E-state index >= 15 is 0 Å². The van der Waals surface area contributed by atoms with Gasteiger partial charge in [0.2, 0.25) is 12.3 Å². The van der Waals surface area contributed by atoms with Gasteiger partial charge >= 0.3 is 0 Å². The number of aryl methyl sites for hydroxylation is 2. The summed E-state index contributed by atoms with van der Waals surface area (Å²) in [6, 6.07) is 8.80. The summed E-state index contributed by atoms with van der Waals surface area (Å²) < 4.78 is 0. The maximum Gasteiger partial charge on any atom is 0.247 e. The van der Waals surface area contributed by atoms with Gasteiger partial charge in [0, 0.05) is 28.7 Å². The first-order chi connectivity index (χ1) is 17.7. The number of hydrogen-bond donors (Lipinski definition) is 2. The lowest BCUT2D eigenvalue weighted by molar-refractivity contribution is -0.119. The Kier molecular flexibility index (Phi) is 8.49. The molecule has 0 unspecified atom stereocenters. The molecule has 0 aliphatic heterocycles. The maximum absolute atomic E-state index is 13.5. The molecule has 3 aromatic rings. The van der Waals surface area contributed by atoms with E-state index < -0.39 is 11.6 Å². The molecule has 1 saturated carbocycles. The van der Waals surface area contributed by atoms with Crippen LogP contribution in [-0.2, 0) is 15.1 Å². The molecule has 37 heavy (non-hydrogen) atoms. The van der Waals surface area contributed by atoms with Crippen LogP contribution in [0.3, 0.4) is 0 Å². The third-order valence-corrected chi connectivity index (χ3v) is 8.54. The van der Waals surface area contributed by atoms with Gasteiger partial charge in [0.15, 0.2) is 0 Å². The van der Waals surface area contributed by atoms with Crippen molar-refractivity contribution in [3.63, 3.8) is 0 Å². The van der Waals surface area contributed by atoms with Crippen LogP contribution in [0.1, 0.15) is 62.2 Å². The van der Waals surface area contributed by atoms with Crippen LogP contribution in [0.5, 0.6) is 0 Å². The van der Waals surface area contributed by atoms with Gasteiger partial charge in [0.1, 0.15) is 6.04 Å². The molecule has 0 bridgehead atoms. The number of hydrogen-bond acceptors (Lipinski definition) is 6. The molecular formula is C28H34ClN5O2S. The lowest BCUT2D eigenvalue weighted by Crippen LogP contribution is -2.44. The Morgan fingerprint density at radius 2 is 1.97 bits per heavy atom. The average Bonchev–Trinajstić information content (AvgIpc) is 3.54. The van der Waals surface area contributed by atoms with Crippen LogP contribution >= 0.6 is 22.9 Å². The van der Waals surface area contributed by atoms with E-state index in [-0.39, 0.29) is 5.91 Å². The standard InChI is InChI=1S/C28H34ClN5O2S/c1-18-13-22(11-12-30-18)32-27(36)24(14-20-7-5-6-8-20)34(17-35)26-10-9-25(37-26)28(3,4)33-23-15-21(29)16-31-19(23)2/h9-13,15-17,20,24,33H,5-8,14H2,1-4H3,(H,30,32,36)/t24-/m0/s1. The summed E-state index contributed by atoms with van der Waals surface area (Å²) in [7, 11) is 0. The third-order valence-electron chi connectivity index (χ3n) is 6.91. The Morgan fingerprint density at radius 3 is 2.68 bits per heavy atom. The van der Waals surface area contributed by atoms with Gasteiger partial charge in [-0.2, -0.15) is 0 Å². The normalized spacial score (nSPS) is 14.8. The SMILES string of the molecule is Cc1cc(NC(=O)[C@H](CC2CCCC2)N(C=O)c2ccc(C(C)(C)Nc3cc(Cl)cnc3C)s2)ccn1. The van der Waals surface area contributed by atoms with Crippen LogP contribution in [0.4, 0.5) is 16.4 Å². The van der Waals surface area contributed by atoms with Crippen molar-refractivity contribution in [3.8, 4) is 0 Å². The largest absolute Gasteiger partial charge is 0.374 e. The summed E-state index contributed by atoms with van der Waals surface area (Å²) in [4.78, 5) is 37.2. The second-order valence-electron chi connectivity index (χ2n) is 10.3. The van der Waals surface area contributed by atoms with Gasteiger partial charge in [-0.3, -0.25) is 24.5 Å². The minimum Gasteiger partial charge on any atom is -0.374 e. The van der Waals surface area contributed by atoms with Crippen molar-refractivity contribution in [2.75, 3.05) is 15.5 Å². The lowest BCUT2D eigenvalue weighted by atomic mass is 9.97. The zero-order valence-electron chi connectivity index (χ0n) is 21.8. The van der Waals surface area contributed by atoms with Crippen LogP contribution in [0.2, 0.25) is 5.02 Å². The highest BCUT2D eigenvalue weighted by Gasteiger charge is 2.33. The van der Waals surface area contributed by atoms with Crippen molar-refractivity contribution in [2.24, 2.45) is 5.92 Å². The fourth-order valence-corrected chi connectivity index (χ4v) is 6.11. The highest BCUT2D eigenvalue weighted by molar-refractivity contribution is 7.16. The summed E-state index contributed by atoms with van der Waals surface area (Å²) in [5.74, 6) is 0.241. The Hall–Kier alpha value is -2.97. The van der Waals surface area contributed by atoms with Gasteiger partial charge < -0.3 is 10.6 Å². The smallest absolute Gasteiger partial charge is 0.247 e. The lowest BCUT2D eigenvalue weighted by Gasteiger charge is -2.29. The summed E-state index contributed by atoms with van der Waals surface area (Å²) in [5, 5.41) is 7.85. The van der Waals surface area contributed by atoms with Gasteiger partial charge in [0.05, 0.1) is 26.9 Å². The summed E-state index contributed by atoms with van der Waals surface area (Å²) in [6.07, 6.45) is 9.24. The zero-order valence-corrected chi connectivity index (χ0v) is 23.3. The minimum absolute atomic E-state index is 0.183. The van der Waals surface area contributed by atoms with E-state index in [1.807, 2.05) is 38.1 Å². The average molecular weight is 540 g/mol. The second-order valence-corrected chi connectivity index (χ2v) is 11.8. The first-order valence-electron chi connectivity index (χ1n) is 12.6. The molecule has 9 heteroatoms. The molecule has 7 nitrogen and oxygen atoms in total. The minimum atomic E-state index is -0.601. The maximum atomic E-state index is 13.5. The van der Waals surface area contributed by atoms with Crippen LogP contribution in [0, 0.1) is 19.8 Å². The topological polar surface area (TPSA) is 87.2 Å². The zero-order chi connectivity index (χ0) is 26.6. The molecule has 1 aliphatic rings. The number of anilines is 3. The predicted molar refractivity (Wildman–Crippen MR) is 151 cm³/mol. The van der Waals surface area contributed by atoms with Gasteiger partial charge in [0.25, 0.3) is 0 Å². The van der Waals surface area contributed by atoms with E-state index in [2.05, 4.69) is 34.4 Å². The summed E-state index contributed by atoms with van der Waals surface area (Å²) in [6.45, 7) is 7.96. The molecule has 0 radical (unpaired) electrons. The monoisotopic (exact) mass is 539 g/mol. The van der Waals surface area contributed by atoms with E-state index in [1.165, 1.54) is 24.2 Å². The second kappa shape index (κ2) is 11.6. The molecule has 3 aromatic heterocycles. The van der Waals surface area contributed by atoms with E-state index in [1.54, 1.807) is 23.4 Å². The molecule has 1 atom stereocenters. The van der Waals surface area contributed by atoms with E-state index in [0.29, 0.717) is 23.0 Å². The fourth-order valence-electron chi connectivity index (χ4n) is 4.87. The number of amides is 2. The first-order valence-corrected chi connectivity index (χ1v) is 13.8. The quantitative estimate of drug-likeness (QED) is 0.280. The van der Waals surface area contributed by atoms with Gasteiger partial charge in [-0.15, -0.1) is 11.3 Å². The van der Waals surface area contributed by atoms with Crippen LogP contribution in [-0.4, -0.2) is 28.3 Å². The van der Waals surface area contributed by atoms with Gasteiger partial charge in [-0.25, -0.2) is 0 Å². The number of carbonyl (C=O) groups is 2. The van der Waals surface area contributed by atoms with Gasteiger partial charge in [-0.1, -0.05) is 37.3 Å². The Bertz CT molecular complexity index is 1250. The Labute approximate surface area is 227 Å². The molecule has 4 rings (SSSR count). The molecule has 1 aliphatic carbocycles. The van der Waals surface area contributed by atoms with Crippen molar-refractivity contribution in [1.29, 1.82) is 0 Å². The third kappa shape index (κ3) is 6.67. The number of pyridine rings is 2. The first kappa shape index (κ1) is 27.1. The highest BCUT2D eigenvalue weighted by atomic mass is 35.5. The van der Waals surface area contributed by atoms with E-state index in [4.69, 9.17) is 11.6 Å². The molecule has 0 spiro atoms. The fraction of sp³-hybridized carbons (Fsp3) is 0.429. The number of halogens is 1. The molecule has 196 valence electrons. The number of rotatable bonds is 10. The Morgan fingerprint density at radius 1 is 1.22 bits per heavy atom. The number of carbonyl (C=O) groups excluding carboxylic acids is 2. The molecule has 3 heterocycles. The molecule has 0 saturated heterocycles. The van der Waals surface area contributed by atoms with Crippen molar-refractivity contribution >= 4 is 51.6 Å². The molecular weight excluding hydrogens is 506 g/mol. The molecule has 2 amide bonds. The van der Waals surface area contributed by atoms with Crippen LogP contribution in [0.25, 0.3) is 0 Å². The van der Waals surface area contributed by atoms with Crippen molar-refractivity contribution in [1.82, 2.24) is 9.97 Å². The number of thiophene rings is 1. The summed E-state index contributed by atoms with van der Waals surface area (Å²) >= 11 is 7.67. The van der Waals surface area contributed by atoms with Crippen molar-refractivity contribution in [2.45, 2.75) is 71.4 Å². The Balaban J connectivity index is 1.59. The summed E-state index contributed by atoms with van der Waals surface area (Å²) in [5.41, 5.74) is 2.75. The van der Waals surface area contributed by atoms with E-state index in [9.17, 15) is 9.59 Å². The van der Waals surface area contributed by atoms with Crippen molar-refractivity contribution in [3.05, 3.63) is 64.0 Å². The molecule has 0 aromatic carbocycles. The number of aromatic nitrogens is 2. The van der Waals surface area contributed by atoms with Crippen LogP contribution in [0.15, 0.2) is 42.7 Å². The van der Waals surface area contributed by atoms with Crippen molar-refractivity contribution < 1.29 is 9.59 Å². The van der Waals surface area contributed by atoms with Crippen LogP contribution < -0.4 is 15.5 Å². The highest BCUT2D eigenvalue weighted by Crippen LogP contribution is 2.38. The van der Waals surface area contributed by atoms with E-state index in [0.717, 1.165) is 46.2 Å². The van der Waals surface area contributed by atoms with Gasteiger partial charge in [-0.05, 0) is 70.4 Å². The number of nitrogens with zero attached hydrogens (tertiary/aromatic N) is 3. The predicted octanol–water partition coefficient (Wildman–Crippen LogP) is 6.71. The molecule has 1 fully saturated rings. The molecule has 2 N–H and O–H groups in total. The number of nitrogens with one attached hydrogen (secondary N) is 2.